The Morgan fingerprint density at radius 1 is 1.31 bits per heavy atom. The number of benzene rings is 1. The van der Waals surface area contributed by atoms with Gasteiger partial charge in [0.2, 0.25) is 0 Å². The van der Waals surface area contributed by atoms with Crippen molar-refractivity contribution in [3.8, 4) is 6.07 Å². The first-order valence-electron chi connectivity index (χ1n) is 11.0. The number of piperidine rings is 1. The van der Waals surface area contributed by atoms with Crippen LogP contribution in [0.5, 0.6) is 0 Å². The molecule has 0 bridgehead atoms. The van der Waals surface area contributed by atoms with E-state index in [-0.39, 0.29) is 17.3 Å². The molecule has 0 atom stereocenters. The summed E-state index contributed by atoms with van der Waals surface area (Å²) in [7, 11) is 0. The molecule has 1 aromatic heterocycles. The summed E-state index contributed by atoms with van der Waals surface area (Å²) in [5.41, 5.74) is 1.30. The molecule has 32 heavy (non-hydrogen) atoms. The molecule has 3 rings (SSSR count). The number of hydrogen-bond acceptors (Lipinski definition) is 7. The minimum Gasteiger partial charge on any atom is -0.449 e. The summed E-state index contributed by atoms with van der Waals surface area (Å²) in [6.45, 7) is 5.39. The first kappa shape index (κ1) is 23.4. The Hall–Kier alpha value is -3.25. The number of nitrogens with one attached hydrogen (secondary N) is 2. The molecule has 1 aliphatic rings. The Bertz CT molecular complexity index is 940. The van der Waals surface area contributed by atoms with Crippen molar-refractivity contribution in [3.05, 3.63) is 47.7 Å². The minimum absolute atomic E-state index is 0.204. The zero-order valence-electron chi connectivity index (χ0n) is 18.3. The second-order valence-corrected chi connectivity index (χ2v) is 7.86. The number of anilines is 2. The Balaban J connectivity index is 1.42. The topological polar surface area (TPSA) is 103 Å². The van der Waals surface area contributed by atoms with E-state index in [9.17, 15) is 9.18 Å². The molecule has 8 nitrogen and oxygen atoms in total. The number of amides is 1. The highest BCUT2D eigenvalue weighted by Gasteiger charge is 2.23. The molecule has 0 unspecified atom stereocenters. The van der Waals surface area contributed by atoms with E-state index in [1.54, 1.807) is 17.0 Å². The first-order valence-corrected chi connectivity index (χ1v) is 11.0. The van der Waals surface area contributed by atoms with Crippen molar-refractivity contribution in [2.45, 2.75) is 39.2 Å². The van der Waals surface area contributed by atoms with E-state index in [0.717, 1.165) is 51.0 Å². The second kappa shape index (κ2) is 12.0. The molecular weight excluding hydrogens is 411 g/mol. The van der Waals surface area contributed by atoms with Crippen LogP contribution in [0.3, 0.4) is 0 Å². The van der Waals surface area contributed by atoms with Crippen LogP contribution in [-0.2, 0) is 11.3 Å². The summed E-state index contributed by atoms with van der Waals surface area (Å²) >= 11 is 0. The van der Waals surface area contributed by atoms with Gasteiger partial charge in [0.05, 0.1) is 29.6 Å². The van der Waals surface area contributed by atoms with Gasteiger partial charge in [0.15, 0.2) is 0 Å². The highest BCUT2D eigenvalue weighted by molar-refractivity contribution is 5.67. The van der Waals surface area contributed by atoms with Crippen molar-refractivity contribution in [2.24, 2.45) is 5.92 Å². The van der Waals surface area contributed by atoms with Gasteiger partial charge in [-0.2, -0.15) is 5.26 Å². The number of nitriles is 1. The van der Waals surface area contributed by atoms with Gasteiger partial charge in [-0.3, -0.25) is 0 Å². The normalized spacial score (nSPS) is 14.1. The second-order valence-electron chi connectivity index (χ2n) is 7.86. The number of ether oxygens (including phenoxy) is 1. The third kappa shape index (κ3) is 6.89. The first-order chi connectivity index (χ1) is 15.6. The van der Waals surface area contributed by atoms with Gasteiger partial charge in [0, 0.05) is 25.7 Å². The summed E-state index contributed by atoms with van der Waals surface area (Å²) < 4.78 is 19.4. The summed E-state index contributed by atoms with van der Waals surface area (Å²) in [5, 5.41) is 15.2. The largest absolute Gasteiger partial charge is 0.449 e. The van der Waals surface area contributed by atoms with Crippen molar-refractivity contribution in [3.63, 3.8) is 0 Å². The van der Waals surface area contributed by atoms with Gasteiger partial charge in [0.25, 0.3) is 0 Å². The molecule has 2 N–H and O–H groups in total. The highest BCUT2D eigenvalue weighted by Crippen LogP contribution is 2.20. The number of carbonyl (C=O) groups excluding carboxylic acids is 1. The van der Waals surface area contributed by atoms with E-state index in [1.165, 1.54) is 18.5 Å². The minimum atomic E-state index is -0.511. The van der Waals surface area contributed by atoms with Gasteiger partial charge in [-0.1, -0.05) is 13.3 Å². The lowest BCUT2D eigenvalue weighted by molar-refractivity contribution is 0.0865. The Morgan fingerprint density at radius 3 is 2.84 bits per heavy atom. The van der Waals surface area contributed by atoms with Crippen LogP contribution in [0, 0.1) is 23.1 Å². The van der Waals surface area contributed by atoms with Crippen LogP contribution in [0.25, 0.3) is 0 Å². The van der Waals surface area contributed by atoms with Gasteiger partial charge in [-0.15, -0.1) is 0 Å². The van der Waals surface area contributed by atoms with E-state index in [1.807, 2.05) is 6.07 Å². The number of unbranched alkanes of at least 4 members (excludes halogenated alkanes) is 1. The summed E-state index contributed by atoms with van der Waals surface area (Å²) in [5.74, 6) is 0.458. The molecule has 2 heterocycles. The lowest BCUT2D eigenvalue weighted by Gasteiger charge is -2.31. The Labute approximate surface area is 187 Å². The molecule has 170 valence electrons. The average Bonchev–Trinajstić information content (AvgIpc) is 2.81. The van der Waals surface area contributed by atoms with Crippen LogP contribution in [-0.4, -0.2) is 47.2 Å². The quantitative estimate of drug-likeness (QED) is 0.569. The van der Waals surface area contributed by atoms with Gasteiger partial charge in [0.1, 0.15) is 18.0 Å². The summed E-state index contributed by atoms with van der Waals surface area (Å²) in [6.07, 6.45) is 5.01. The zero-order chi connectivity index (χ0) is 22.8. The van der Waals surface area contributed by atoms with Gasteiger partial charge < -0.3 is 20.3 Å². The number of hydrogen-bond donors (Lipinski definition) is 2. The van der Waals surface area contributed by atoms with Crippen molar-refractivity contribution in [1.82, 2.24) is 20.2 Å². The molecule has 2 aromatic rings. The molecule has 1 fully saturated rings. The molecule has 1 aromatic carbocycles. The van der Waals surface area contributed by atoms with Crippen LogP contribution in [0.1, 0.15) is 43.9 Å². The number of nitrogens with zero attached hydrogens (tertiary/aromatic N) is 4. The molecule has 1 amide bonds. The van der Waals surface area contributed by atoms with E-state index in [4.69, 9.17) is 10.00 Å². The maximum atomic E-state index is 14.1. The van der Waals surface area contributed by atoms with Crippen molar-refractivity contribution >= 4 is 17.6 Å². The summed E-state index contributed by atoms with van der Waals surface area (Å²) in [6, 6.07) is 7.92. The number of aromatic nitrogens is 2. The molecule has 9 heteroatoms. The van der Waals surface area contributed by atoms with Gasteiger partial charge >= 0.3 is 6.09 Å². The average molecular weight is 441 g/mol. The van der Waals surface area contributed by atoms with Crippen LogP contribution < -0.4 is 10.6 Å². The Morgan fingerprint density at radius 2 is 2.12 bits per heavy atom. The Kier molecular flexibility index (Phi) is 8.75. The van der Waals surface area contributed by atoms with Gasteiger partial charge in [-0.25, -0.2) is 19.2 Å². The number of likely N-dealkylation sites (tertiary alicyclic amines) is 1. The van der Waals surface area contributed by atoms with Crippen molar-refractivity contribution in [2.75, 3.05) is 31.6 Å². The fourth-order valence-corrected chi connectivity index (χ4v) is 3.51. The van der Waals surface area contributed by atoms with E-state index < -0.39 is 5.82 Å². The van der Waals surface area contributed by atoms with Gasteiger partial charge in [-0.05, 0) is 49.9 Å². The predicted molar refractivity (Wildman–Crippen MR) is 119 cm³/mol. The SMILES string of the molecule is CCCCOC(=O)N1CCC(CNCc2cc(Nc3ccc(C#N)cc3F)ncn2)CC1. The molecule has 0 saturated carbocycles. The highest BCUT2D eigenvalue weighted by atomic mass is 19.1. The standard InChI is InChI=1S/C23H29FN6O2/c1-2-3-10-32-23(31)30-8-6-17(7-9-30)14-26-15-19-12-22(28-16-27-19)29-21-5-4-18(13-25)11-20(21)24/h4-5,11-12,16-17,26H,2-3,6-10,14-15H2,1H3,(H,27,28,29). The molecule has 0 aliphatic carbocycles. The lowest BCUT2D eigenvalue weighted by atomic mass is 9.97. The van der Waals surface area contributed by atoms with Crippen LogP contribution in [0.2, 0.25) is 0 Å². The molecule has 0 radical (unpaired) electrons. The predicted octanol–water partition coefficient (Wildman–Crippen LogP) is 3.97. The molecule has 0 spiro atoms. The smallest absolute Gasteiger partial charge is 0.409 e. The summed E-state index contributed by atoms with van der Waals surface area (Å²) in [4.78, 5) is 22.2. The van der Waals surface area contributed by atoms with Crippen LogP contribution >= 0.6 is 0 Å². The van der Waals surface area contributed by atoms with E-state index >= 15 is 0 Å². The molecule has 1 aliphatic heterocycles. The third-order valence-electron chi connectivity index (χ3n) is 5.42. The van der Waals surface area contributed by atoms with E-state index in [2.05, 4.69) is 27.5 Å². The number of rotatable bonds is 9. The number of halogens is 1. The number of carbonyl (C=O) groups is 1. The third-order valence-corrected chi connectivity index (χ3v) is 5.42. The lowest BCUT2D eigenvalue weighted by Crippen LogP contribution is -2.41. The fraction of sp³-hybridized carbons (Fsp3) is 0.478. The maximum absolute atomic E-state index is 14.1. The molecule has 1 saturated heterocycles. The van der Waals surface area contributed by atoms with Crippen LogP contribution in [0.4, 0.5) is 20.7 Å². The fourth-order valence-electron chi connectivity index (χ4n) is 3.51. The molecular formula is C23H29FN6O2. The van der Waals surface area contributed by atoms with E-state index in [0.29, 0.717) is 24.9 Å². The van der Waals surface area contributed by atoms with Crippen molar-refractivity contribution < 1.29 is 13.9 Å². The zero-order valence-corrected chi connectivity index (χ0v) is 18.3. The van der Waals surface area contributed by atoms with Crippen LogP contribution in [0.15, 0.2) is 30.6 Å². The monoisotopic (exact) mass is 440 g/mol. The maximum Gasteiger partial charge on any atom is 0.409 e. The van der Waals surface area contributed by atoms with Crippen molar-refractivity contribution in [1.29, 1.82) is 5.26 Å².